The van der Waals surface area contributed by atoms with E-state index in [4.69, 9.17) is 4.74 Å². The van der Waals surface area contributed by atoms with Crippen LogP contribution in [0.5, 0.6) is 5.75 Å². The molecule has 0 spiro atoms. The molecule has 5 heteroatoms. The summed E-state index contributed by atoms with van der Waals surface area (Å²) in [5.41, 5.74) is 5.10. The zero-order chi connectivity index (χ0) is 21.1. The van der Waals surface area contributed by atoms with Gasteiger partial charge < -0.3 is 9.64 Å². The molecule has 3 nitrogen and oxygen atoms in total. The summed E-state index contributed by atoms with van der Waals surface area (Å²) >= 11 is 7.04. The average Bonchev–Trinajstić information content (AvgIpc) is 2.80. The maximum absolute atomic E-state index is 5.45. The number of halogens is 2. The van der Waals surface area contributed by atoms with E-state index in [9.17, 15) is 0 Å². The van der Waals surface area contributed by atoms with E-state index < -0.39 is 0 Å². The second-order valence-corrected chi connectivity index (χ2v) is 9.42. The lowest BCUT2D eigenvalue weighted by Gasteiger charge is -2.39. The van der Waals surface area contributed by atoms with E-state index in [1.807, 2.05) is 0 Å². The normalized spacial score (nSPS) is 15.8. The summed E-state index contributed by atoms with van der Waals surface area (Å²) in [6.07, 6.45) is 0. The largest absolute Gasteiger partial charge is 0.495 e. The van der Waals surface area contributed by atoms with Crippen molar-refractivity contribution >= 4 is 37.5 Å². The van der Waals surface area contributed by atoms with Crippen molar-refractivity contribution in [2.24, 2.45) is 0 Å². The number of methoxy groups -OCH3 is 1. The number of hydrogen-bond acceptors (Lipinski definition) is 3. The van der Waals surface area contributed by atoms with E-state index in [0.29, 0.717) is 6.04 Å². The lowest BCUT2D eigenvalue weighted by molar-refractivity contribution is 0.198. The molecule has 0 saturated carbocycles. The number of benzene rings is 3. The molecule has 1 aliphatic heterocycles. The van der Waals surface area contributed by atoms with Crippen molar-refractivity contribution in [3.05, 3.63) is 81.2 Å². The number of piperazine rings is 1. The van der Waals surface area contributed by atoms with Crippen molar-refractivity contribution in [2.75, 3.05) is 38.2 Å². The van der Waals surface area contributed by atoms with E-state index in [-0.39, 0.29) is 0 Å². The van der Waals surface area contributed by atoms with E-state index in [1.165, 1.54) is 22.4 Å². The molecule has 0 amide bonds. The molecule has 0 radical (unpaired) electrons. The first-order valence-corrected chi connectivity index (χ1v) is 11.8. The van der Waals surface area contributed by atoms with Crippen molar-refractivity contribution in [1.82, 2.24) is 4.90 Å². The Morgan fingerprint density at radius 1 is 0.800 bits per heavy atom. The van der Waals surface area contributed by atoms with E-state index in [1.54, 1.807) is 7.11 Å². The van der Waals surface area contributed by atoms with Crippen molar-refractivity contribution < 1.29 is 4.74 Å². The first-order valence-electron chi connectivity index (χ1n) is 10.2. The zero-order valence-electron chi connectivity index (χ0n) is 17.3. The summed E-state index contributed by atoms with van der Waals surface area (Å²) in [6.45, 7) is 6.45. The van der Waals surface area contributed by atoms with Crippen molar-refractivity contribution in [3.8, 4) is 16.9 Å². The molecule has 3 aromatic carbocycles. The van der Waals surface area contributed by atoms with Gasteiger partial charge >= 0.3 is 0 Å². The predicted octanol–water partition coefficient (Wildman–Crippen LogP) is 6.77. The Kier molecular flexibility index (Phi) is 6.81. The number of anilines is 1. The van der Waals surface area contributed by atoms with Crippen LogP contribution in [-0.2, 0) is 0 Å². The third-order valence-corrected chi connectivity index (χ3v) is 7.12. The topological polar surface area (TPSA) is 15.7 Å². The Balaban J connectivity index is 1.39. The van der Waals surface area contributed by atoms with Gasteiger partial charge in [-0.3, -0.25) is 4.90 Å². The summed E-state index contributed by atoms with van der Waals surface area (Å²) in [5.74, 6) is 0.883. The number of nitrogens with zero attached hydrogens (tertiary/aromatic N) is 2. The Bertz CT molecular complexity index is 981. The molecule has 0 bridgehead atoms. The monoisotopic (exact) mass is 528 g/mol. The highest BCUT2D eigenvalue weighted by molar-refractivity contribution is 9.10. The third kappa shape index (κ3) is 4.74. The van der Waals surface area contributed by atoms with E-state index in [2.05, 4.69) is 115 Å². The lowest BCUT2D eigenvalue weighted by atomic mass is 10.0. The van der Waals surface area contributed by atoms with E-state index in [0.717, 1.165) is 40.9 Å². The second kappa shape index (κ2) is 9.54. The Morgan fingerprint density at radius 2 is 1.40 bits per heavy atom. The Morgan fingerprint density at radius 3 is 2.00 bits per heavy atom. The standard InChI is InChI=1S/C25H26Br2N2O/c1-18(19-3-5-20(6-4-19)21-7-9-22(26)10-8-21)28-13-15-29(16-14-28)23-11-12-24(27)25(17-23)30-2/h3-12,17-18H,13-16H2,1-2H3. The molecule has 1 atom stereocenters. The predicted molar refractivity (Wildman–Crippen MR) is 132 cm³/mol. The molecule has 0 aliphatic carbocycles. The summed E-state index contributed by atoms with van der Waals surface area (Å²) in [5, 5.41) is 0. The van der Waals surface area contributed by atoms with Gasteiger partial charge in [-0.05, 0) is 63.8 Å². The van der Waals surface area contributed by atoms with Crippen LogP contribution < -0.4 is 9.64 Å². The number of hydrogen-bond donors (Lipinski definition) is 0. The molecule has 0 aromatic heterocycles. The number of ether oxygens (including phenoxy) is 1. The van der Waals surface area contributed by atoms with Crippen LogP contribution in [0, 0.1) is 0 Å². The minimum atomic E-state index is 0.408. The highest BCUT2D eigenvalue weighted by atomic mass is 79.9. The van der Waals surface area contributed by atoms with Gasteiger partial charge in [0.1, 0.15) is 5.75 Å². The van der Waals surface area contributed by atoms with Crippen LogP contribution in [0.15, 0.2) is 75.7 Å². The smallest absolute Gasteiger partial charge is 0.135 e. The van der Waals surface area contributed by atoms with Crippen LogP contribution in [-0.4, -0.2) is 38.2 Å². The van der Waals surface area contributed by atoms with E-state index >= 15 is 0 Å². The fourth-order valence-corrected chi connectivity index (χ4v) is 4.69. The van der Waals surface area contributed by atoms with Gasteiger partial charge in [-0.15, -0.1) is 0 Å². The second-order valence-electron chi connectivity index (χ2n) is 7.65. The molecule has 30 heavy (non-hydrogen) atoms. The first kappa shape index (κ1) is 21.4. The fraction of sp³-hybridized carbons (Fsp3) is 0.280. The molecule has 3 aromatic rings. The molecule has 1 unspecified atom stereocenters. The van der Waals surface area contributed by atoms with Crippen molar-refractivity contribution in [1.29, 1.82) is 0 Å². The molecular formula is C25H26Br2N2O. The first-order chi connectivity index (χ1) is 14.5. The van der Waals surface area contributed by atoms with Gasteiger partial charge in [-0.1, -0.05) is 52.3 Å². The molecule has 1 aliphatic rings. The Labute approximate surface area is 195 Å². The molecular weight excluding hydrogens is 504 g/mol. The SMILES string of the molecule is COc1cc(N2CCN(C(C)c3ccc(-c4ccc(Br)cc4)cc3)CC2)ccc1Br. The van der Waals surface area contributed by atoms with Crippen molar-refractivity contribution in [2.45, 2.75) is 13.0 Å². The summed E-state index contributed by atoms with van der Waals surface area (Å²) < 4.78 is 7.56. The van der Waals surface area contributed by atoms with Gasteiger partial charge in [0.25, 0.3) is 0 Å². The average molecular weight is 530 g/mol. The van der Waals surface area contributed by atoms with Crippen LogP contribution in [0.4, 0.5) is 5.69 Å². The van der Waals surface area contributed by atoms with Crippen LogP contribution in [0.1, 0.15) is 18.5 Å². The quantitative estimate of drug-likeness (QED) is 0.362. The van der Waals surface area contributed by atoms with Crippen LogP contribution >= 0.6 is 31.9 Å². The maximum Gasteiger partial charge on any atom is 0.135 e. The minimum Gasteiger partial charge on any atom is -0.495 e. The molecule has 156 valence electrons. The summed E-state index contributed by atoms with van der Waals surface area (Å²) in [7, 11) is 1.71. The fourth-order valence-electron chi connectivity index (χ4n) is 4.02. The maximum atomic E-state index is 5.45. The zero-order valence-corrected chi connectivity index (χ0v) is 20.5. The van der Waals surface area contributed by atoms with Gasteiger partial charge in [0.15, 0.2) is 0 Å². The minimum absolute atomic E-state index is 0.408. The highest BCUT2D eigenvalue weighted by Crippen LogP contribution is 2.31. The lowest BCUT2D eigenvalue weighted by Crippen LogP contribution is -2.47. The van der Waals surface area contributed by atoms with Gasteiger partial charge in [-0.2, -0.15) is 0 Å². The van der Waals surface area contributed by atoms with Crippen molar-refractivity contribution in [3.63, 3.8) is 0 Å². The van der Waals surface area contributed by atoms with Crippen LogP contribution in [0.25, 0.3) is 11.1 Å². The van der Waals surface area contributed by atoms with Crippen LogP contribution in [0.2, 0.25) is 0 Å². The van der Waals surface area contributed by atoms with Gasteiger partial charge in [0.2, 0.25) is 0 Å². The van der Waals surface area contributed by atoms with Gasteiger partial charge in [0, 0.05) is 48.4 Å². The molecule has 4 rings (SSSR count). The summed E-state index contributed by atoms with van der Waals surface area (Å²) in [4.78, 5) is 5.01. The van der Waals surface area contributed by atoms with Crippen LogP contribution in [0.3, 0.4) is 0 Å². The van der Waals surface area contributed by atoms with Gasteiger partial charge in [-0.25, -0.2) is 0 Å². The van der Waals surface area contributed by atoms with Gasteiger partial charge in [0.05, 0.1) is 11.6 Å². The highest BCUT2D eigenvalue weighted by Gasteiger charge is 2.22. The third-order valence-electron chi connectivity index (χ3n) is 5.93. The number of rotatable bonds is 5. The molecule has 1 fully saturated rings. The molecule has 1 heterocycles. The summed E-state index contributed by atoms with van der Waals surface area (Å²) in [6, 6.07) is 24.2. The molecule has 0 N–H and O–H groups in total. The molecule has 1 saturated heterocycles. The Hall–Kier alpha value is -1.82.